The molecule has 1 heterocycles. The maximum absolute atomic E-state index is 11.3. The second-order valence-corrected chi connectivity index (χ2v) is 6.95. The van der Waals surface area contributed by atoms with Crippen molar-refractivity contribution in [1.29, 1.82) is 0 Å². The Morgan fingerprint density at radius 3 is 2.95 bits per heavy atom. The summed E-state index contributed by atoms with van der Waals surface area (Å²) in [5.41, 5.74) is 0.817. The molecule has 0 aromatic carbocycles. The van der Waals surface area contributed by atoms with Crippen LogP contribution in [0.3, 0.4) is 0 Å². The zero-order valence-corrected chi connectivity index (χ0v) is 12.0. The summed E-state index contributed by atoms with van der Waals surface area (Å²) < 4.78 is 0. The van der Waals surface area contributed by atoms with Crippen LogP contribution in [0.5, 0.6) is 0 Å². The molecule has 1 saturated carbocycles. The monoisotopic (exact) mass is 280 g/mol. The predicted molar refractivity (Wildman–Crippen MR) is 75.9 cm³/mol. The standard InChI is InChI=1S/C14H20N2O2S/c1-8-5-6-9(7-8)15-14-16-12-10(13(17)18)3-2-4-11(12)19-14/h8-10H,2-7H2,1H3,(H,15,16)(H,17,18). The topological polar surface area (TPSA) is 62.2 Å². The average molecular weight is 280 g/mol. The van der Waals surface area contributed by atoms with Crippen molar-refractivity contribution in [3.05, 3.63) is 10.6 Å². The molecule has 19 heavy (non-hydrogen) atoms. The molecular formula is C14H20N2O2S. The SMILES string of the molecule is CC1CCC(Nc2nc3c(s2)CCCC3C(=O)O)C1. The number of carboxylic acids is 1. The van der Waals surface area contributed by atoms with E-state index in [1.54, 1.807) is 11.3 Å². The fourth-order valence-electron chi connectivity index (χ4n) is 3.23. The van der Waals surface area contributed by atoms with Crippen LogP contribution in [0.2, 0.25) is 0 Å². The number of aliphatic carboxylic acids is 1. The summed E-state index contributed by atoms with van der Waals surface area (Å²) in [6.07, 6.45) is 6.36. The number of aryl methyl sites for hydroxylation is 1. The Bertz CT molecular complexity index is 486. The highest BCUT2D eigenvalue weighted by atomic mass is 32.1. The number of fused-ring (bicyclic) bond motifs is 1. The van der Waals surface area contributed by atoms with E-state index in [-0.39, 0.29) is 0 Å². The molecule has 3 unspecified atom stereocenters. The highest BCUT2D eigenvalue weighted by Crippen LogP contribution is 2.38. The van der Waals surface area contributed by atoms with Gasteiger partial charge in [0.1, 0.15) is 5.92 Å². The number of carboxylic acid groups (broad SMARTS) is 1. The first-order valence-electron chi connectivity index (χ1n) is 7.12. The van der Waals surface area contributed by atoms with Crippen molar-refractivity contribution in [2.24, 2.45) is 5.92 Å². The van der Waals surface area contributed by atoms with Gasteiger partial charge >= 0.3 is 5.97 Å². The van der Waals surface area contributed by atoms with E-state index in [0.29, 0.717) is 6.04 Å². The van der Waals surface area contributed by atoms with Gasteiger partial charge in [0.15, 0.2) is 5.13 Å². The quantitative estimate of drug-likeness (QED) is 0.892. The van der Waals surface area contributed by atoms with Crippen molar-refractivity contribution in [2.75, 3.05) is 5.32 Å². The molecule has 2 aliphatic rings. The second-order valence-electron chi connectivity index (χ2n) is 5.87. The highest BCUT2D eigenvalue weighted by molar-refractivity contribution is 7.15. The summed E-state index contributed by atoms with van der Waals surface area (Å²) in [6, 6.07) is 0.519. The molecule has 5 heteroatoms. The van der Waals surface area contributed by atoms with Crippen LogP contribution in [0, 0.1) is 5.92 Å². The van der Waals surface area contributed by atoms with E-state index in [1.807, 2.05) is 0 Å². The molecule has 0 saturated heterocycles. The van der Waals surface area contributed by atoms with Crippen molar-refractivity contribution in [3.63, 3.8) is 0 Å². The lowest BCUT2D eigenvalue weighted by Gasteiger charge is -2.16. The van der Waals surface area contributed by atoms with E-state index >= 15 is 0 Å². The number of anilines is 1. The van der Waals surface area contributed by atoms with Crippen LogP contribution in [-0.4, -0.2) is 22.1 Å². The molecule has 1 fully saturated rings. The predicted octanol–water partition coefficient (Wildman–Crippen LogP) is 3.25. The molecule has 3 atom stereocenters. The number of hydrogen-bond donors (Lipinski definition) is 2. The number of nitrogens with zero attached hydrogens (tertiary/aromatic N) is 1. The average Bonchev–Trinajstić information content (AvgIpc) is 2.94. The zero-order chi connectivity index (χ0) is 13.4. The number of thiazole rings is 1. The lowest BCUT2D eigenvalue weighted by Crippen LogP contribution is -2.18. The maximum Gasteiger partial charge on any atom is 0.312 e. The molecule has 0 amide bonds. The molecule has 2 N–H and O–H groups in total. The van der Waals surface area contributed by atoms with E-state index < -0.39 is 11.9 Å². The molecule has 0 bridgehead atoms. The molecular weight excluding hydrogens is 260 g/mol. The van der Waals surface area contributed by atoms with Crippen LogP contribution in [0.1, 0.15) is 55.5 Å². The Morgan fingerprint density at radius 1 is 1.42 bits per heavy atom. The summed E-state index contributed by atoms with van der Waals surface area (Å²) in [4.78, 5) is 17.0. The number of nitrogens with one attached hydrogen (secondary N) is 1. The van der Waals surface area contributed by atoms with Crippen molar-refractivity contribution in [1.82, 2.24) is 4.98 Å². The van der Waals surface area contributed by atoms with Crippen LogP contribution < -0.4 is 5.32 Å². The van der Waals surface area contributed by atoms with Gasteiger partial charge in [0.05, 0.1) is 5.69 Å². The third kappa shape index (κ3) is 2.61. The van der Waals surface area contributed by atoms with Gasteiger partial charge in [-0.25, -0.2) is 4.98 Å². The number of rotatable bonds is 3. The van der Waals surface area contributed by atoms with Gasteiger partial charge in [0.2, 0.25) is 0 Å². The molecule has 104 valence electrons. The van der Waals surface area contributed by atoms with Gasteiger partial charge in [-0.3, -0.25) is 4.79 Å². The van der Waals surface area contributed by atoms with Crippen molar-refractivity contribution in [3.8, 4) is 0 Å². The summed E-state index contributed by atoms with van der Waals surface area (Å²) >= 11 is 1.66. The Balaban J connectivity index is 1.76. The zero-order valence-electron chi connectivity index (χ0n) is 11.2. The number of hydrogen-bond acceptors (Lipinski definition) is 4. The van der Waals surface area contributed by atoms with Crippen LogP contribution in [0.4, 0.5) is 5.13 Å². The van der Waals surface area contributed by atoms with E-state index in [2.05, 4.69) is 17.2 Å². The van der Waals surface area contributed by atoms with Crippen LogP contribution >= 0.6 is 11.3 Å². The largest absolute Gasteiger partial charge is 0.481 e. The van der Waals surface area contributed by atoms with E-state index in [1.165, 1.54) is 24.1 Å². The van der Waals surface area contributed by atoms with Gasteiger partial charge in [-0.15, -0.1) is 11.3 Å². The minimum Gasteiger partial charge on any atom is -0.481 e. The van der Waals surface area contributed by atoms with Gasteiger partial charge in [-0.1, -0.05) is 6.92 Å². The van der Waals surface area contributed by atoms with Gasteiger partial charge in [0.25, 0.3) is 0 Å². The van der Waals surface area contributed by atoms with Crippen LogP contribution in [-0.2, 0) is 11.2 Å². The fraction of sp³-hybridized carbons (Fsp3) is 0.714. The minimum atomic E-state index is -0.729. The molecule has 0 spiro atoms. The van der Waals surface area contributed by atoms with Crippen LogP contribution in [0.15, 0.2) is 0 Å². The van der Waals surface area contributed by atoms with Crippen LogP contribution in [0.25, 0.3) is 0 Å². The maximum atomic E-state index is 11.3. The van der Waals surface area contributed by atoms with Gasteiger partial charge in [0, 0.05) is 10.9 Å². The number of carbonyl (C=O) groups is 1. The molecule has 3 rings (SSSR count). The molecule has 0 aliphatic heterocycles. The van der Waals surface area contributed by atoms with Crippen molar-refractivity contribution >= 4 is 22.4 Å². The first-order valence-corrected chi connectivity index (χ1v) is 7.94. The third-order valence-corrected chi connectivity index (χ3v) is 5.34. The van der Waals surface area contributed by atoms with E-state index in [0.717, 1.165) is 36.0 Å². The highest BCUT2D eigenvalue weighted by Gasteiger charge is 2.30. The minimum absolute atomic E-state index is 0.391. The molecule has 1 aromatic heterocycles. The Kier molecular flexibility index (Phi) is 3.48. The van der Waals surface area contributed by atoms with Gasteiger partial charge in [-0.05, 0) is 44.4 Å². The van der Waals surface area contributed by atoms with Crippen molar-refractivity contribution in [2.45, 2.75) is 57.4 Å². The fourth-order valence-corrected chi connectivity index (χ4v) is 4.38. The summed E-state index contributed by atoms with van der Waals surface area (Å²) in [5, 5.41) is 13.7. The summed E-state index contributed by atoms with van der Waals surface area (Å²) in [7, 11) is 0. The van der Waals surface area contributed by atoms with Crippen molar-refractivity contribution < 1.29 is 9.90 Å². The lowest BCUT2D eigenvalue weighted by atomic mass is 9.91. The number of aromatic nitrogens is 1. The first-order chi connectivity index (χ1) is 9.13. The van der Waals surface area contributed by atoms with E-state index in [4.69, 9.17) is 0 Å². The normalized spacial score (nSPS) is 30.1. The smallest absolute Gasteiger partial charge is 0.312 e. The Labute approximate surface area is 117 Å². The molecule has 4 nitrogen and oxygen atoms in total. The molecule has 1 aromatic rings. The summed E-state index contributed by atoms with van der Waals surface area (Å²) in [6.45, 7) is 2.29. The van der Waals surface area contributed by atoms with Gasteiger partial charge in [-0.2, -0.15) is 0 Å². The summed E-state index contributed by atoms with van der Waals surface area (Å²) in [5.74, 6) is -0.329. The van der Waals surface area contributed by atoms with Gasteiger partial charge < -0.3 is 10.4 Å². The second kappa shape index (κ2) is 5.12. The first kappa shape index (κ1) is 12.9. The Morgan fingerprint density at radius 2 is 2.26 bits per heavy atom. The Hall–Kier alpha value is -1.10. The third-order valence-electron chi connectivity index (χ3n) is 4.27. The van der Waals surface area contributed by atoms with E-state index in [9.17, 15) is 9.90 Å². The lowest BCUT2D eigenvalue weighted by molar-refractivity contribution is -0.139. The molecule has 0 radical (unpaired) electrons. The molecule has 2 aliphatic carbocycles.